The molecule has 0 aromatic heterocycles. The summed E-state index contributed by atoms with van der Waals surface area (Å²) in [5.41, 5.74) is 0. The molecule has 0 aliphatic heterocycles. The molecule has 0 fully saturated rings. The maximum Gasteiger partial charge on any atom is 0.326 e. The van der Waals surface area contributed by atoms with Gasteiger partial charge < -0.3 is 10.4 Å². The number of nitriles is 1. The molecule has 0 saturated carbocycles. The average molecular weight is 198 g/mol. The molecule has 14 heavy (non-hydrogen) atoms. The predicted octanol–water partition coefficient (Wildman–Crippen LogP) is 0.660. The fourth-order valence-corrected chi connectivity index (χ4v) is 1.06. The van der Waals surface area contributed by atoms with Crippen LogP contribution in [0.1, 0.15) is 32.6 Å². The first-order valence-corrected chi connectivity index (χ1v) is 4.44. The third-order valence-electron chi connectivity index (χ3n) is 1.71. The number of unbranched alkanes of at least 4 members (excludes halogenated alkanes) is 2. The number of carboxylic acid groups (broad SMARTS) is 1. The van der Waals surface area contributed by atoms with Crippen LogP contribution in [-0.4, -0.2) is 23.0 Å². The lowest BCUT2D eigenvalue weighted by molar-refractivity contribution is -0.141. The van der Waals surface area contributed by atoms with Crippen LogP contribution in [0, 0.1) is 11.3 Å². The third-order valence-corrected chi connectivity index (χ3v) is 1.71. The summed E-state index contributed by atoms with van der Waals surface area (Å²) in [4.78, 5) is 21.2. The highest BCUT2D eigenvalue weighted by molar-refractivity contribution is 5.81. The van der Waals surface area contributed by atoms with Crippen LogP contribution < -0.4 is 5.32 Å². The standard InChI is InChI=1S/C9H14N2O3/c1-7(12)11-8(9(13)14)5-3-2-4-6-10/h8H,2-5H2,1H3,(H,11,12)(H,13,14). The van der Waals surface area contributed by atoms with E-state index < -0.39 is 12.0 Å². The van der Waals surface area contributed by atoms with Gasteiger partial charge >= 0.3 is 5.97 Å². The van der Waals surface area contributed by atoms with Gasteiger partial charge in [0.15, 0.2) is 0 Å². The van der Waals surface area contributed by atoms with Gasteiger partial charge in [-0.3, -0.25) is 4.79 Å². The van der Waals surface area contributed by atoms with E-state index in [0.717, 1.165) is 0 Å². The monoisotopic (exact) mass is 198 g/mol. The summed E-state index contributed by atoms with van der Waals surface area (Å²) in [5.74, 6) is -1.38. The molecule has 1 atom stereocenters. The number of hydrogen-bond acceptors (Lipinski definition) is 3. The van der Waals surface area contributed by atoms with Gasteiger partial charge in [-0.1, -0.05) is 0 Å². The van der Waals surface area contributed by atoms with Crippen molar-refractivity contribution in [1.29, 1.82) is 5.26 Å². The van der Waals surface area contributed by atoms with Crippen LogP contribution >= 0.6 is 0 Å². The number of carbonyl (C=O) groups excluding carboxylic acids is 1. The zero-order valence-corrected chi connectivity index (χ0v) is 8.12. The van der Waals surface area contributed by atoms with Gasteiger partial charge in [0.05, 0.1) is 6.07 Å². The van der Waals surface area contributed by atoms with Crippen LogP contribution in [0.5, 0.6) is 0 Å². The van der Waals surface area contributed by atoms with Crippen molar-refractivity contribution in [3.8, 4) is 6.07 Å². The van der Waals surface area contributed by atoms with E-state index in [1.165, 1.54) is 6.92 Å². The van der Waals surface area contributed by atoms with E-state index in [2.05, 4.69) is 5.32 Å². The largest absolute Gasteiger partial charge is 0.480 e. The van der Waals surface area contributed by atoms with Gasteiger partial charge in [0.1, 0.15) is 6.04 Å². The van der Waals surface area contributed by atoms with E-state index in [1.807, 2.05) is 6.07 Å². The molecule has 1 amide bonds. The summed E-state index contributed by atoms with van der Waals surface area (Å²) in [5, 5.41) is 19.3. The smallest absolute Gasteiger partial charge is 0.326 e. The number of carboxylic acids is 1. The molecule has 0 spiro atoms. The van der Waals surface area contributed by atoms with E-state index in [0.29, 0.717) is 25.7 Å². The van der Waals surface area contributed by atoms with Crippen LogP contribution in [0.15, 0.2) is 0 Å². The minimum Gasteiger partial charge on any atom is -0.480 e. The van der Waals surface area contributed by atoms with Crippen LogP contribution in [0.4, 0.5) is 0 Å². The predicted molar refractivity (Wildman–Crippen MR) is 49.3 cm³/mol. The van der Waals surface area contributed by atoms with Gasteiger partial charge in [0.25, 0.3) is 0 Å². The van der Waals surface area contributed by atoms with Crippen molar-refractivity contribution >= 4 is 11.9 Å². The molecule has 0 saturated heterocycles. The van der Waals surface area contributed by atoms with E-state index in [4.69, 9.17) is 10.4 Å². The Morgan fingerprint density at radius 2 is 2.14 bits per heavy atom. The summed E-state index contributed by atoms with van der Waals surface area (Å²) in [6.07, 6.45) is 2.09. The van der Waals surface area contributed by atoms with E-state index >= 15 is 0 Å². The molecule has 2 N–H and O–H groups in total. The lowest BCUT2D eigenvalue weighted by Gasteiger charge is -2.11. The van der Waals surface area contributed by atoms with Gasteiger partial charge in [0, 0.05) is 13.3 Å². The molecule has 0 aliphatic rings. The normalized spacial score (nSPS) is 11.4. The zero-order valence-electron chi connectivity index (χ0n) is 8.12. The number of carbonyl (C=O) groups is 2. The van der Waals surface area contributed by atoms with Gasteiger partial charge in [-0.25, -0.2) is 4.79 Å². The Bertz CT molecular complexity index is 245. The quantitative estimate of drug-likeness (QED) is 0.613. The van der Waals surface area contributed by atoms with Crippen molar-refractivity contribution in [2.75, 3.05) is 0 Å². The molecule has 5 heteroatoms. The Morgan fingerprint density at radius 3 is 2.57 bits per heavy atom. The molecule has 0 radical (unpaired) electrons. The highest BCUT2D eigenvalue weighted by Crippen LogP contribution is 2.03. The number of nitrogens with zero attached hydrogens (tertiary/aromatic N) is 1. The lowest BCUT2D eigenvalue weighted by atomic mass is 10.1. The number of nitrogens with one attached hydrogen (secondary N) is 1. The first-order valence-electron chi connectivity index (χ1n) is 4.44. The SMILES string of the molecule is CC(=O)NC(CCCCC#N)C(=O)O. The van der Waals surface area contributed by atoms with E-state index in [9.17, 15) is 9.59 Å². The van der Waals surface area contributed by atoms with E-state index in [-0.39, 0.29) is 5.91 Å². The van der Waals surface area contributed by atoms with Crippen LogP contribution in [0.2, 0.25) is 0 Å². The van der Waals surface area contributed by atoms with Gasteiger partial charge in [-0.2, -0.15) is 5.26 Å². The number of hydrogen-bond donors (Lipinski definition) is 2. The van der Waals surface area contributed by atoms with E-state index in [1.54, 1.807) is 0 Å². The summed E-state index contributed by atoms with van der Waals surface area (Å²) in [7, 11) is 0. The fraction of sp³-hybridized carbons (Fsp3) is 0.667. The van der Waals surface area contributed by atoms with Gasteiger partial charge in [-0.15, -0.1) is 0 Å². The Labute approximate surface area is 82.7 Å². The topological polar surface area (TPSA) is 90.2 Å². The Balaban J connectivity index is 3.81. The summed E-state index contributed by atoms with van der Waals surface area (Å²) in [6.45, 7) is 1.28. The zero-order chi connectivity index (χ0) is 11.0. The van der Waals surface area contributed by atoms with Crippen molar-refractivity contribution in [3.63, 3.8) is 0 Å². The van der Waals surface area contributed by atoms with Crippen LogP contribution in [-0.2, 0) is 9.59 Å². The molecule has 0 rings (SSSR count). The lowest BCUT2D eigenvalue weighted by Crippen LogP contribution is -2.39. The molecular weight excluding hydrogens is 184 g/mol. The first-order chi connectivity index (χ1) is 6.57. The maximum atomic E-state index is 10.6. The highest BCUT2D eigenvalue weighted by Gasteiger charge is 2.16. The van der Waals surface area contributed by atoms with Crippen molar-refractivity contribution < 1.29 is 14.7 Å². The molecule has 0 bridgehead atoms. The first kappa shape index (κ1) is 12.4. The molecular formula is C9H14N2O3. The van der Waals surface area contributed by atoms with Crippen molar-refractivity contribution in [2.45, 2.75) is 38.6 Å². The molecule has 0 aliphatic carbocycles. The molecule has 0 aromatic rings. The second kappa shape index (κ2) is 6.89. The van der Waals surface area contributed by atoms with Crippen molar-refractivity contribution in [2.24, 2.45) is 0 Å². The van der Waals surface area contributed by atoms with Crippen molar-refractivity contribution in [3.05, 3.63) is 0 Å². The summed E-state index contributed by atoms with van der Waals surface area (Å²) >= 11 is 0. The van der Waals surface area contributed by atoms with Crippen molar-refractivity contribution in [1.82, 2.24) is 5.32 Å². The molecule has 5 nitrogen and oxygen atoms in total. The van der Waals surface area contributed by atoms with Crippen LogP contribution in [0.3, 0.4) is 0 Å². The second-order valence-electron chi connectivity index (χ2n) is 3.00. The molecule has 78 valence electrons. The average Bonchev–Trinajstić information content (AvgIpc) is 2.09. The Hall–Kier alpha value is -1.57. The van der Waals surface area contributed by atoms with Crippen LogP contribution in [0.25, 0.3) is 0 Å². The number of rotatable bonds is 6. The third kappa shape index (κ3) is 6.00. The molecule has 0 aromatic carbocycles. The van der Waals surface area contributed by atoms with Gasteiger partial charge in [-0.05, 0) is 19.3 Å². The molecule has 1 unspecified atom stereocenters. The highest BCUT2D eigenvalue weighted by atomic mass is 16.4. The number of amides is 1. The maximum absolute atomic E-state index is 10.6. The number of aliphatic carboxylic acids is 1. The van der Waals surface area contributed by atoms with Gasteiger partial charge in [0.2, 0.25) is 5.91 Å². The Morgan fingerprint density at radius 1 is 1.50 bits per heavy atom. The summed E-state index contributed by atoms with van der Waals surface area (Å²) < 4.78 is 0. The minimum absolute atomic E-state index is 0.349. The second-order valence-corrected chi connectivity index (χ2v) is 3.00. The molecule has 0 heterocycles. The minimum atomic E-state index is -1.03. The Kier molecular flexibility index (Phi) is 6.12. The fourth-order valence-electron chi connectivity index (χ4n) is 1.06. The summed E-state index contributed by atoms with van der Waals surface area (Å²) in [6, 6.07) is 1.15.